The summed E-state index contributed by atoms with van der Waals surface area (Å²) in [6.45, 7) is 14.7. The lowest BCUT2D eigenvalue weighted by Crippen LogP contribution is -2.46. The number of ether oxygens (including phenoxy) is 1. The quantitative estimate of drug-likeness (QED) is 0.159. The van der Waals surface area contributed by atoms with E-state index < -0.39 is 13.7 Å². The number of pyridine rings is 1. The van der Waals surface area contributed by atoms with Gasteiger partial charge in [0.2, 0.25) is 5.95 Å². The molecule has 0 unspecified atom stereocenters. The molecule has 0 spiro atoms. The molecule has 1 radical (unpaired) electrons. The number of nitrogens with one attached hydrogen (secondary N) is 1. The normalized spacial score (nSPS) is 16.2. The first kappa shape index (κ1) is 32.8. The van der Waals surface area contributed by atoms with Gasteiger partial charge in [-0.05, 0) is 60.8 Å². The van der Waals surface area contributed by atoms with E-state index in [2.05, 4.69) is 68.2 Å². The Hall–Kier alpha value is -4.10. The number of aromatic nitrogens is 3. The highest BCUT2D eigenvalue weighted by Gasteiger charge is 2.44. The first-order valence-electron chi connectivity index (χ1n) is 14.6. The zero-order valence-corrected chi connectivity index (χ0v) is 27.6. The molecule has 2 aromatic heterocycles. The number of carbonyl (C=O) groups excluding carboxylic acids is 1. The lowest BCUT2D eigenvalue weighted by molar-refractivity contribution is 0.195. The van der Waals surface area contributed by atoms with Crippen LogP contribution in [0.2, 0.25) is 18.1 Å². The van der Waals surface area contributed by atoms with E-state index in [1.807, 2.05) is 10.9 Å². The van der Waals surface area contributed by atoms with Gasteiger partial charge in [0.15, 0.2) is 8.32 Å². The van der Waals surface area contributed by atoms with Gasteiger partial charge in [-0.1, -0.05) is 27.7 Å². The third kappa shape index (κ3) is 6.99. The van der Waals surface area contributed by atoms with E-state index in [9.17, 15) is 15.3 Å². The monoisotopic (exact) mass is 608 g/mol. The fourth-order valence-electron chi connectivity index (χ4n) is 5.00. The molecule has 0 fully saturated rings. The summed E-state index contributed by atoms with van der Waals surface area (Å²) in [5.41, 5.74) is 4.86. The molecular formula is C32H39BN7O3Si. The molecule has 3 aromatic rings. The van der Waals surface area contributed by atoms with Crippen molar-refractivity contribution in [2.24, 2.45) is 0 Å². The second-order valence-corrected chi connectivity index (χ2v) is 17.7. The SMILES string of the molecule is COCCCc1ncc(C#N)cc1Nc1nccc(-c2cc(C#N)c3c(c2)[C@@](C)(CO[Si](C)(C)C(C)(C)C)CN3[B]C=O)n1. The number of aryl methyl sites for hydroxylation is 1. The summed E-state index contributed by atoms with van der Waals surface area (Å²) in [6, 6.07) is 11.9. The fraction of sp³-hybridized carbons (Fsp3) is 0.438. The molecule has 1 N–H and O–H groups in total. The Morgan fingerprint density at radius 2 is 1.98 bits per heavy atom. The molecule has 0 bridgehead atoms. The van der Waals surface area contributed by atoms with Crippen LogP contribution in [0.3, 0.4) is 0 Å². The summed E-state index contributed by atoms with van der Waals surface area (Å²) in [7, 11) is 1.07. The second kappa shape index (κ2) is 13.3. The molecule has 10 nitrogen and oxygen atoms in total. The van der Waals surface area contributed by atoms with Gasteiger partial charge in [0, 0.05) is 55.9 Å². The molecular weight excluding hydrogens is 569 g/mol. The Bertz CT molecular complexity index is 1610. The average Bonchev–Trinajstić information content (AvgIpc) is 3.27. The summed E-state index contributed by atoms with van der Waals surface area (Å²) in [6.07, 6.45) is 5.38. The van der Waals surface area contributed by atoms with Crippen LogP contribution >= 0.6 is 0 Å². The number of carbonyl (C=O) groups is 1. The predicted octanol–water partition coefficient (Wildman–Crippen LogP) is 5.51. The highest BCUT2D eigenvalue weighted by atomic mass is 28.4. The molecule has 0 aliphatic carbocycles. The molecule has 0 saturated heterocycles. The highest BCUT2D eigenvalue weighted by Crippen LogP contribution is 2.46. The predicted molar refractivity (Wildman–Crippen MR) is 175 cm³/mol. The Morgan fingerprint density at radius 3 is 2.64 bits per heavy atom. The van der Waals surface area contributed by atoms with Crippen molar-refractivity contribution >= 4 is 39.2 Å². The first-order valence-corrected chi connectivity index (χ1v) is 17.5. The second-order valence-electron chi connectivity index (χ2n) is 12.9. The smallest absolute Gasteiger partial charge is 0.329 e. The van der Waals surface area contributed by atoms with Gasteiger partial charge < -0.3 is 24.1 Å². The summed E-state index contributed by atoms with van der Waals surface area (Å²) in [5, 5.41) is 22.9. The van der Waals surface area contributed by atoms with Crippen LogP contribution in [0.5, 0.6) is 0 Å². The minimum absolute atomic E-state index is 0.0370. The zero-order valence-electron chi connectivity index (χ0n) is 26.6. The fourth-order valence-corrected chi connectivity index (χ4v) is 6.12. The van der Waals surface area contributed by atoms with Crippen molar-refractivity contribution in [2.45, 2.75) is 64.1 Å². The van der Waals surface area contributed by atoms with E-state index in [1.165, 1.54) is 7.41 Å². The first-order chi connectivity index (χ1) is 20.9. The highest BCUT2D eigenvalue weighted by molar-refractivity contribution is 6.74. The Kier molecular flexibility index (Phi) is 9.89. The van der Waals surface area contributed by atoms with Crippen LogP contribution in [0, 0.1) is 22.7 Å². The van der Waals surface area contributed by atoms with E-state index >= 15 is 0 Å². The van der Waals surface area contributed by atoms with Crippen LogP contribution < -0.4 is 10.1 Å². The summed E-state index contributed by atoms with van der Waals surface area (Å²) in [5.74, 6) is 0.339. The Labute approximate surface area is 261 Å². The van der Waals surface area contributed by atoms with Crippen molar-refractivity contribution < 1.29 is 14.0 Å². The molecule has 4 rings (SSSR count). The molecule has 1 aliphatic rings. The maximum Gasteiger partial charge on any atom is 0.329 e. The van der Waals surface area contributed by atoms with Crippen LogP contribution in [-0.4, -0.2) is 63.7 Å². The standard InChI is InChI=1S/C32H39BN7O3Si/c1-31(2,3)44(6,7)43-20-32(4)19-40(33-21-41)29-24(17-35)14-23(15-25(29)32)26-10-11-36-30(38-26)39-28-13-22(16-34)18-37-27(28)9-8-12-42-5/h10-11,13-15,18,21H,8-9,12,19-20H2,1-7H3,(H,36,38,39)/t32-/m1/s1. The van der Waals surface area contributed by atoms with Crippen LogP contribution in [0.25, 0.3) is 11.3 Å². The van der Waals surface area contributed by atoms with E-state index in [4.69, 9.17) is 14.1 Å². The number of benzene rings is 1. The largest absolute Gasteiger partial charge is 0.416 e. The van der Waals surface area contributed by atoms with Gasteiger partial charge >= 0.3 is 7.41 Å². The average molecular weight is 609 g/mol. The maximum atomic E-state index is 11.6. The molecule has 3 heterocycles. The summed E-state index contributed by atoms with van der Waals surface area (Å²) < 4.78 is 11.9. The minimum atomic E-state index is -2.07. The van der Waals surface area contributed by atoms with Gasteiger partial charge in [0.25, 0.3) is 0 Å². The molecule has 1 aliphatic heterocycles. The van der Waals surface area contributed by atoms with E-state index in [1.54, 1.807) is 37.7 Å². The van der Waals surface area contributed by atoms with Crippen molar-refractivity contribution in [1.29, 1.82) is 10.5 Å². The third-order valence-corrected chi connectivity index (χ3v) is 13.0. The van der Waals surface area contributed by atoms with Crippen molar-refractivity contribution in [1.82, 2.24) is 15.0 Å². The molecule has 0 saturated carbocycles. The van der Waals surface area contributed by atoms with Crippen molar-refractivity contribution in [2.75, 3.05) is 37.0 Å². The van der Waals surface area contributed by atoms with Gasteiger partial charge in [-0.15, -0.1) is 0 Å². The number of methoxy groups -OCH3 is 1. The van der Waals surface area contributed by atoms with Crippen LogP contribution in [0.15, 0.2) is 36.7 Å². The van der Waals surface area contributed by atoms with Gasteiger partial charge in [-0.2, -0.15) is 10.5 Å². The number of nitriles is 2. The molecule has 1 atom stereocenters. The van der Waals surface area contributed by atoms with Gasteiger partial charge in [-0.3, -0.25) is 4.98 Å². The van der Waals surface area contributed by atoms with E-state index in [0.29, 0.717) is 54.6 Å². The Morgan fingerprint density at radius 1 is 1.20 bits per heavy atom. The van der Waals surface area contributed by atoms with Crippen LogP contribution in [0.1, 0.15) is 56.5 Å². The molecule has 12 heteroatoms. The lowest BCUT2D eigenvalue weighted by Gasteiger charge is -2.39. The van der Waals surface area contributed by atoms with Gasteiger partial charge in [-0.25, -0.2) is 9.97 Å². The van der Waals surface area contributed by atoms with Gasteiger partial charge in [0.05, 0.1) is 28.2 Å². The molecule has 1 aromatic carbocycles. The van der Waals surface area contributed by atoms with Crippen molar-refractivity contribution in [3.05, 3.63) is 59.0 Å². The maximum absolute atomic E-state index is 11.6. The van der Waals surface area contributed by atoms with Crippen molar-refractivity contribution in [3.8, 4) is 23.4 Å². The van der Waals surface area contributed by atoms with Gasteiger partial charge in [0.1, 0.15) is 18.3 Å². The van der Waals surface area contributed by atoms with Crippen LogP contribution in [-0.2, 0) is 25.8 Å². The zero-order chi connectivity index (χ0) is 32.1. The third-order valence-electron chi connectivity index (χ3n) is 8.54. The summed E-state index contributed by atoms with van der Waals surface area (Å²) in [4.78, 5) is 27.1. The minimum Gasteiger partial charge on any atom is -0.416 e. The number of anilines is 3. The Balaban J connectivity index is 1.73. The number of fused-ring (bicyclic) bond motifs is 1. The van der Waals surface area contributed by atoms with E-state index in [-0.39, 0.29) is 5.04 Å². The molecule has 227 valence electrons. The topological polar surface area (TPSA) is 137 Å². The van der Waals surface area contributed by atoms with Crippen molar-refractivity contribution in [3.63, 3.8) is 0 Å². The number of hydrogen-bond acceptors (Lipinski definition) is 10. The van der Waals surface area contributed by atoms with E-state index in [0.717, 1.165) is 35.1 Å². The number of nitrogens with zero attached hydrogens (tertiary/aromatic N) is 6. The summed E-state index contributed by atoms with van der Waals surface area (Å²) >= 11 is 0. The lowest BCUT2D eigenvalue weighted by atomic mass is 9.83. The number of hydrogen-bond donors (Lipinski definition) is 1. The van der Waals surface area contributed by atoms with Crippen LogP contribution in [0.4, 0.5) is 17.3 Å². The molecule has 0 amide bonds. The number of rotatable bonds is 12. The molecule has 44 heavy (non-hydrogen) atoms.